The second-order valence-electron chi connectivity index (χ2n) is 3.74. The molecule has 0 bridgehead atoms. The first-order valence-corrected chi connectivity index (χ1v) is 6.60. The molecule has 0 nitrogen and oxygen atoms in total. The van der Waals surface area contributed by atoms with E-state index < -0.39 is 0 Å². The van der Waals surface area contributed by atoms with Crippen LogP contribution in [0.15, 0.2) is 41.1 Å². The summed E-state index contributed by atoms with van der Waals surface area (Å²) in [6.07, 6.45) is 0.915. The lowest BCUT2D eigenvalue weighted by molar-refractivity contribution is 0.625. The number of thiophene rings is 1. The van der Waals surface area contributed by atoms with Gasteiger partial charge in [0.15, 0.2) is 0 Å². The third-order valence-corrected chi connectivity index (χ3v) is 3.69. The van der Waals surface area contributed by atoms with Gasteiger partial charge < -0.3 is 0 Å². The fraction of sp³-hybridized carbons (Fsp3) is 0.231. The van der Waals surface area contributed by atoms with Gasteiger partial charge in [0.2, 0.25) is 0 Å². The van der Waals surface area contributed by atoms with Crippen LogP contribution in [0.5, 0.6) is 0 Å². The van der Waals surface area contributed by atoms with Gasteiger partial charge in [-0.2, -0.15) is 11.3 Å². The van der Waals surface area contributed by atoms with Gasteiger partial charge in [-0.15, -0.1) is 11.6 Å². The number of alkyl halides is 1. The summed E-state index contributed by atoms with van der Waals surface area (Å²) in [6, 6.07) is 8.71. The third-order valence-electron chi connectivity index (χ3n) is 2.59. The third kappa shape index (κ3) is 2.83. The molecule has 0 radical (unpaired) electrons. The van der Waals surface area contributed by atoms with Gasteiger partial charge in [-0.1, -0.05) is 12.1 Å². The van der Waals surface area contributed by atoms with Crippen molar-refractivity contribution in [1.82, 2.24) is 0 Å². The van der Waals surface area contributed by atoms with Crippen molar-refractivity contribution in [2.75, 3.05) is 5.88 Å². The molecule has 1 atom stereocenters. The van der Waals surface area contributed by atoms with E-state index in [1.54, 1.807) is 11.3 Å². The first-order valence-electron chi connectivity index (χ1n) is 5.12. The Morgan fingerprint density at radius 2 is 1.94 bits per heavy atom. The van der Waals surface area contributed by atoms with Crippen molar-refractivity contribution < 1.29 is 4.39 Å². The lowest BCUT2D eigenvalue weighted by Gasteiger charge is -2.13. The number of hydrogen-bond acceptors (Lipinski definition) is 1. The summed E-state index contributed by atoms with van der Waals surface area (Å²) in [5, 5.41) is 4.19. The van der Waals surface area contributed by atoms with E-state index in [1.807, 2.05) is 12.1 Å². The monoisotopic (exact) mass is 254 g/mol. The highest BCUT2D eigenvalue weighted by Gasteiger charge is 2.11. The Morgan fingerprint density at radius 3 is 2.50 bits per heavy atom. The van der Waals surface area contributed by atoms with E-state index in [-0.39, 0.29) is 11.7 Å². The van der Waals surface area contributed by atoms with Crippen molar-refractivity contribution in [1.29, 1.82) is 0 Å². The molecule has 0 spiro atoms. The molecule has 1 aromatic heterocycles. The summed E-state index contributed by atoms with van der Waals surface area (Å²) in [5.74, 6) is 0.617. The minimum atomic E-state index is -0.201. The topological polar surface area (TPSA) is 0 Å². The van der Waals surface area contributed by atoms with Gasteiger partial charge in [-0.25, -0.2) is 4.39 Å². The van der Waals surface area contributed by atoms with E-state index in [0.717, 1.165) is 12.0 Å². The largest absolute Gasteiger partial charge is 0.207 e. The molecule has 0 amide bonds. The maximum atomic E-state index is 12.8. The molecule has 0 N–H and O–H groups in total. The van der Waals surface area contributed by atoms with Crippen molar-refractivity contribution in [2.45, 2.75) is 12.3 Å². The molecular formula is C13H12ClFS. The van der Waals surface area contributed by atoms with Crippen LogP contribution in [0.2, 0.25) is 0 Å². The van der Waals surface area contributed by atoms with Crippen molar-refractivity contribution in [2.24, 2.45) is 0 Å². The predicted octanol–water partition coefficient (Wildman–Crippen LogP) is 4.45. The second kappa shape index (κ2) is 5.46. The van der Waals surface area contributed by atoms with Crippen molar-refractivity contribution >= 4 is 22.9 Å². The van der Waals surface area contributed by atoms with Crippen LogP contribution >= 0.6 is 22.9 Å². The summed E-state index contributed by atoms with van der Waals surface area (Å²) in [5.41, 5.74) is 2.39. The van der Waals surface area contributed by atoms with Crippen LogP contribution in [0.1, 0.15) is 17.0 Å². The van der Waals surface area contributed by atoms with Crippen molar-refractivity contribution in [3.8, 4) is 0 Å². The number of benzene rings is 1. The van der Waals surface area contributed by atoms with Crippen LogP contribution in [-0.4, -0.2) is 5.88 Å². The standard InChI is InChI=1S/C13H12ClFS/c14-8-12(7-10-5-6-16-9-10)11-1-3-13(15)4-2-11/h1-6,9,12H,7-8H2. The Balaban J connectivity index is 2.13. The SMILES string of the molecule is Fc1ccc(C(CCl)Cc2ccsc2)cc1. The molecule has 1 unspecified atom stereocenters. The van der Waals surface area contributed by atoms with E-state index in [0.29, 0.717) is 5.88 Å². The Bertz CT molecular complexity index is 422. The molecule has 2 rings (SSSR count). The minimum Gasteiger partial charge on any atom is -0.207 e. The van der Waals surface area contributed by atoms with E-state index in [9.17, 15) is 4.39 Å². The zero-order valence-corrected chi connectivity index (χ0v) is 10.3. The molecule has 16 heavy (non-hydrogen) atoms. The van der Waals surface area contributed by atoms with Gasteiger partial charge in [-0.05, 0) is 46.5 Å². The Hall–Kier alpha value is -0.860. The van der Waals surface area contributed by atoms with Gasteiger partial charge in [0.05, 0.1) is 0 Å². The molecule has 1 heterocycles. The highest BCUT2D eigenvalue weighted by molar-refractivity contribution is 7.07. The van der Waals surface area contributed by atoms with Crippen molar-refractivity contribution in [3.05, 3.63) is 58.0 Å². The average molecular weight is 255 g/mol. The zero-order chi connectivity index (χ0) is 11.4. The quantitative estimate of drug-likeness (QED) is 0.707. The highest BCUT2D eigenvalue weighted by Crippen LogP contribution is 2.23. The molecule has 84 valence electrons. The fourth-order valence-electron chi connectivity index (χ4n) is 1.69. The summed E-state index contributed by atoms with van der Waals surface area (Å²) in [7, 11) is 0. The first-order chi connectivity index (χ1) is 7.79. The fourth-order valence-corrected chi connectivity index (χ4v) is 2.66. The Kier molecular flexibility index (Phi) is 3.97. The maximum absolute atomic E-state index is 12.8. The lowest BCUT2D eigenvalue weighted by atomic mass is 9.95. The predicted molar refractivity (Wildman–Crippen MR) is 67.9 cm³/mol. The molecule has 2 aromatic rings. The minimum absolute atomic E-state index is 0.201. The average Bonchev–Trinajstić information content (AvgIpc) is 2.80. The Morgan fingerprint density at radius 1 is 1.19 bits per heavy atom. The number of hydrogen-bond donors (Lipinski definition) is 0. The molecular weight excluding hydrogens is 243 g/mol. The molecule has 0 saturated carbocycles. The molecule has 3 heteroatoms. The second-order valence-corrected chi connectivity index (χ2v) is 4.83. The van der Waals surface area contributed by atoms with Gasteiger partial charge in [0, 0.05) is 11.8 Å². The van der Waals surface area contributed by atoms with Gasteiger partial charge in [0.1, 0.15) is 5.82 Å². The lowest BCUT2D eigenvalue weighted by Crippen LogP contribution is -2.04. The number of halogens is 2. The normalized spacial score (nSPS) is 12.6. The molecule has 0 fully saturated rings. The summed E-state index contributed by atoms with van der Waals surface area (Å²) in [6.45, 7) is 0. The molecule has 0 saturated heterocycles. The summed E-state index contributed by atoms with van der Waals surface area (Å²) >= 11 is 7.66. The number of rotatable bonds is 4. The van der Waals surface area contributed by atoms with E-state index in [1.165, 1.54) is 17.7 Å². The summed E-state index contributed by atoms with van der Waals surface area (Å²) < 4.78 is 12.8. The zero-order valence-electron chi connectivity index (χ0n) is 8.70. The van der Waals surface area contributed by atoms with E-state index in [4.69, 9.17) is 11.6 Å². The molecule has 0 aliphatic carbocycles. The van der Waals surface area contributed by atoms with E-state index in [2.05, 4.69) is 16.8 Å². The molecule has 0 aliphatic rings. The van der Waals surface area contributed by atoms with E-state index >= 15 is 0 Å². The van der Waals surface area contributed by atoms with Crippen LogP contribution in [0.3, 0.4) is 0 Å². The van der Waals surface area contributed by atoms with Gasteiger partial charge in [-0.3, -0.25) is 0 Å². The van der Waals surface area contributed by atoms with Crippen LogP contribution < -0.4 is 0 Å². The van der Waals surface area contributed by atoms with Crippen LogP contribution in [0.25, 0.3) is 0 Å². The molecule has 1 aromatic carbocycles. The first kappa shape index (κ1) is 11.6. The van der Waals surface area contributed by atoms with Gasteiger partial charge >= 0.3 is 0 Å². The van der Waals surface area contributed by atoms with Crippen LogP contribution in [0.4, 0.5) is 4.39 Å². The highest BCUT2D eigenvalue weighted by atomic mass is 35.5. The summed E-state index contributed by atoms with van der Waals surface area (Å²) in [4.78, 5) is 0. The van der Waals surface area contributed by atoms with Crippen molar-refractivity contribution in [3.63, 3.8) is 0 Å². The molecule has 0 aliphatic heterocycles. The van der Waals surface area contributed by atoms with Gasteiger partial charge in [0.25, 0.3) is 0 Å². The smallest absolute Gasteiger partial charge is 0.123 e. The Labute approximate surface area is 104 Å². The van der Waals surface area contributed by atoms with Crippen LogP contribution in [-0.2, 0) is 6.42 Å². The van der Waals surface area contributed by atoms with Crippen LogP contribution in [0, 0.1) is 5.82 Å². The maximum Gasteiger partial charge on any atom is 0.123 e.